The predicted octanol–water partition coefficient (Wildman–Crippen LogP) is 1.34. The third-order valence-corrected chi connectivity index (χ3v) is 4.45. The molecule has 0 heterocycles. The van der Waals surface area contributed by atoms with Crippen LogP contribution in [-0.2, 0) is 0 Å². The zero-order valence-corrected chi connectivity index (χ0v) is 9.37. The average Bonchev–Trinajstić information content (AvgIpc) is 2.21. The Hall–Kier alpha value is -1.02. The summed E-state index contributed by atoms with van der Waals surface area (Å²) in [5, 5.41) is 0. The molecule has 13 heavy (non-hydrogen) atoms. The van der Waals surface area contributed by atoms with Gasteiger partial charge in [-0.25, -0.2) is 0 Å². The molecule has 2 radical (unpaired) electrons. The monoisotopic (exact) mass is 228 g/mol. The first kappa shape index (κ1) is 8.58. The summed E-state index contributed by atoms with van der Waals surface area (Å²) in [7, 11) is 0. The van der Waals surface area contributed by atoms with Gasteiger partial charge in [-0.1, -0.05) is 0 Å². The summed E-state index contributed by atoms with van der Waals surface area (Å²) >= 11 is -0.108. The molecular weight excluding hydrogens is 217 g/mol. The molecule has 0 nitrogen and oxygen atoms in total. The zero-order chi connectivity index (χ0) is 8.93. The minimum atomic E-state index is -0.108. The fourth-order valence-corrected chi connectivity index (χ4v) is 3.42. The van der Waals surface area contributed by atoms with Gasteiger partial charge in [0.15, 0.2) is 0 Å². The van der Waals surface area contributed by atoms with Crippen molar-refractivity contribution in [1.29, 1.82) is 0 Å². The van der Waals surface area contributed by atoms with Gasteiger partial charge in [0, 0.05) is 0 Å². The second-order valence-corrected chi connectivity index (χ2v) is 5.80. The molecule has 0 fully saturated rings. The van der Waals surface area contributed by atoms with E-state index >= 15 is 0 Å². The summed E-state index contributed by atoms with van der Waals surface area (Å²) in [5.41, 5.74) is 0. The van der Waals surface area contributed by atoms with E-state index < -0.39 is 0 Å². The molecule has 62 valence electrons. The van der Waals surface area contributed by atoms with Gasteiger partial charge in [0.1, 0.15) is 0 Å². The van der Waals surface area contributed by atoms with E-state index in [0.717, 1.165) is 0 Å². The fraction of sp³-hybridized carbons (Fsp3) is 0. The number of hydrogen-bond donors (Lipinski definition) is 0. The van der Waals surface area contributed by atoms with E-state index in [4.69, 9.17) is 0 Å². The van der Waals surface area contributed by atoms with Crippen molar-refractivity contribution in [1.82, 2.24) is 0 Å². The summed E-state index contributed by atoms with van der Waals surface area (Å²) in [6.45, 7) is 0. The molecular formula is C12H10Ge. The Morgan fingerprint density at radius 2 is 0.923 bits per heavy atom. The molecule has 0 saturated carbocycles. The Morgan fingerprint density at radius 3 is 1.31 bits per heavy atom. The molecule has 0 unspecified atom stereocenters. The standard InChI is InChI=1S/C12H10Ge/c1-3-7-11(8-4-1)13-12-9-5-2-6-10-12/h1-10H. The maximum atomic E-state index is 2.22. The van der Waals surface area contributed by atoms with Gasteiger partial charge < -0.3 is 0 Å². The van der Waals surface area contributed by atoms with Crippen LogP contribution in [0.4, 0.5) is 0 Å². The summed E-state index contributed by atoms with van der Waals surface area (Å²) in [5.74, 6) is 0. The van der Waals surface area contributed by atoms with Crippen LogP contribution in [-0.4, -0.2) is 15.4 Å². The van der Waals surface area contributed by atoms with Crippen molar-refractivity contribution >= 4 is 24.2 Å². The van der Waals surface area contributed by atoms with Crippen molar-refractivity contribution < 1.29 is 0 Å². The van der Waals surface area contributed by atoms with Crippen molar-refractivity contribution in [3.63, 3.8) is 0 Å². The minimum absolute atomic E-state index is 0.108. The first-order chi connectivity index (χ1) is 6.45. The molecule has 2 rings (SSSR count). The van der Waals surface area contributed by atoms with Gasteiger partial charge >= 0.3 is 84.9 Å². The van der Waals surface area contributed by atoms with Crippen LogP contribution in [0.5, 0.6) is 0 Å². The van der Waals surface area contributed by atoms with Gasteiger partial charge in [0.2, 0.25) is 0 Å². The molecule has 0 N–H and O–H groups in total. The van der Waals surface area contributed by atoms with Gasteiger partial charge in [-0.05, 0) is 0 Å². The second-order valence-electron chi connectivity index (χ2n) is 2.86. The molecule has 0 aliphatic rings. The Labute approximate surface area is 85.1 Å². The van der Waals surface area contributed by atoms with Gasteiger partial charge in [0.05, 0.1) is 0 Å². The zero-order valence-electron chi connectivity index (χ0n) is 7.27. The van der Waals surface area contributed by atoms with E-state index in [1.165, 1.54) is 8.79 Å². The van der Waals surface area contributed by atoms with Crippen LogP contribution in [0.1, 0.15) is 0 Å². The Bertz CT molecular complexity index is 316. The van der Waals surface area contributed by atoms with Crippen molar-refractivity contribution in [3.05, 3.63) is 60.7 Å². The average molecular weight is 227 g/mol. The maximum absolute atomic E-state index is 2.22. The summed E-state index contributed by atoms with van der Waals surface area (Å²) in [6, 6.07) is 21.5. The molecule has 0 aliphatic carbocycles. The van der Waals surface area contributed by atoms with Gasteiger partial charge in [-0.2, -0.15) is 0 Å². The molecule has 2 aromatic carbocycles. The number of benzene rings is 2. The normalized spacial score (nSPS) is 9.85. The molecule has 0 saturated heterocycles. The fourth-order valence-electron chi connectivity index (χ4n) is 1.21. The summed E-state index contributed by atoms with van der Waals surface area (Å²) < 4.78 is 2.99. The first-order valence-electron chi connectivity index (χ1n) is 4.32. The predicted molar refractivity (Wildman–Crippen MR) is 57.9 cm³/mol. The van der Waals surface area contributed by atoms with Crippen molar-refractivity contribution in [2.24, 2.45) is 0 Å². The molecule has 0 aromatic heterocycles. The molecule has 0 bridgehead atoms. The van der Waals surface area contributed by atoms with Crippen LogP contribution in [0, 0.1) is 0 Å². The van der Waals surface area contributed by atoms with Crippen molar-refractivity contribution in [2.45, 2.75) is 0 Å². The molecule has 0 amide bonds. The van der Waals surface area contributed by atoms with Crippen LogP contribution in [0.15, 0.2) is 60.7 Å². The molecule has 1 heteroatoms. The van der Waals surface area contributed by atoms with Crippen molar-refractivity contribution in [2.75, 3.05) is 0 Å². The second kappa shape index (κ2) is 4.28. The summed E-state index contributed by atoms with van der Waals surface area (Å²) in [4.78, 5) is 0. The Kier molecular flexibility index (Phi) is 2.83. The first-order valence-corrected chi connectivity index (χ1v) is 6.42. The number of rotatable bonds is 2. The van der Waals surface area contributed by atoms with Crippen molar-refractivity contribution in [3.8, 4) is 0 Å². The number of hydrogen-bond acceptors (Lipinski definition) is 0. The third-order valence-electron chi connectivity index (χ3n) is 1.84. The van der Waals surface area contributed by atoms with Crippen LogP contribution < -0.4 is 8.79 Å². The van der Waals surface area contributed by atoms with Crippen LogP contribution in [0.2, 0.25) is 0 Å². The van der Waals surface area contributed by atoms with E-state index in [2.05, 4.69) is 60.7 Å². The van der Waals surface area contributed by atoms with Gasteiger partial charge in [-0.15, -0.1) is 0 Å². The Balaban J connectivity index is 2.16. The van der Waals surface area contributed by atoms with E-state index in [-0.39, 0.29) is 15.4 Å². The van der Waals surface area contributed by atoms with Crippen LogP contribution in [0.3, 0.4) is 0 Å². The SMILES string of the molecule is c1cc[c]([Ge][c]2ccccc2)cc1. The van der Waals surface area contributed by atoms with E-state index in [0.29, 0.717) is 0 Å². The van der Waals surface area contributed by atoms with Crippen LogP contribution >= 0.6 is 0 Å². The van der Waals surface area contributed by atoms with E-state index in [9.17, 15) is 0 Å². The molecule has 0 spiro atoms. The summed E-state index contributed by atoms with van der Waals surface area (Å²) in [6.07, 6.45) is 0. The van der Waals surface area contributed by atoms with E-state index in [1.54, 1.807) is 0 Å². The Morgan fingerprint density at radius 1 is 0.538 bits per heavy atom. The van der Waals surface area contributed by atoms with E-state index in [1.807, 2.05) is 0 Å². The molecule has 0 atom stereocenters. The van der Waals surface area contributed by atoms with Gasteiger partial charge in [0.25, 0.3) is 0 Å². The molecule has 2 aromatic rings. The topological polar surface area (TPSA) is 0 Å². The third kappa shape index (κ3) is 2.46. The van der Waals surface area contributed by atoms with Gasteiger partial charge in [-0.3, -0.25) is 0 Å². The quantitative estimate of drug-likeness (QED) is 0.679. The molecule has 0 aliphatic heterocycles. The van der Waals surface area contributed by atoms with Crippen LogP contribution in [0.25, 0.3) is 0 Å².